The van der Waals surface area contributed by atoms with Crippen molar-refractivity contribution < 1.29 is 4.79 Å². The predicted molar refractivity (Wildman–Crippen MR) is 51.7 cm³/mol. The van der Waals surface area contributed by atoms with E-state index in [1.54, 1.807) is 0 Å². The maximum atomic E-state index is 11.1. The van der Waals surface area contributed by atoms with Gasteiger partial charge in [0.05, 0.1) is 5.92 Å². The summed E-state index contributed by atoms with van der Waals surface area (Å²) >= 11 is 5.03. The Morgan fingerprint density at radius 2 is 2.25 bits per heavy atom. The van der Waals surface area contributed by atoms with E-state index in [1.165, 1.54) is 0 Å². The van der Waals surface area contributed by atoms with E-state index in [9.17, 15) is 4.79 Å². The number of carbonyl (C=O) groups is 1. The topological polar surface area (TPSA) is 32.3 Å². The zero-order valence-corrected chi connectivity index (χ0v) is 8.44. The lowest BCUT2D eigenvalue weighted by molar-refractivity contribution is -0.124. The van der Waals surface area contributed by atoms with E-state index in [1.807, 2.05) is 11.8 Å². The summed E-state index contributed by atoms with van der Waals surface area (Å²) in [5.41, 5.74) is 0. The van der Waals surface area contributed by atoms with Crippen LogP contribution in [0.5, 0.6) is 0 Å². The molecule has 1 aliphatic heterocycles. The average Bonchev–Trinajstić information content (AvgIpc) is 1.96. The van der Waals surface area contributed by atoms with Crippen molar-refractivity contribution in [1.82, 2.24) is 10.2 Å². The van der Waals surface area contributed by atoms with Crippen LogP contribution in [0, 0.1) is 5.92 Å². The van der Waals surface area contributed by atoms with Crippen LogP contribution in [-0.2, 0) is 4.79 Å². The molecule has 0 unspecified atom stereocenters. The van der Waals surface area contributed by atoms with E-state index in [0.29, 0.717) is 11.2 Å². The van der Waals surface area contributed by atoms with Gasteiger partial charge in [-0.2, -0.15) is 0 Å². The van der Waals surface area contributed by atoms with Gasteiger partial charge in [-0.25, -0.2) is 0 Å². The van der Waals surface area contributed by atoms with Crippen molar-refractivity contribution in [3.63, 3.8) is 0 Å². The molecule has 12 heavy (non-hydrogen) atoms. The molecule has 0 aromatic carbocycles. The highest BCUT2D eigenvalue weighted by Crippen LogP contribution is 2.10. The molecule has 1 saturated heterocycles. The maximum Gasteiger partial charge on any atom is 0.230 e. The van der Waals surface area contributed by atoms with Crippen molar-refractivity contribution in [2.45, 2.75) is 26.8 Å². The summed E-state index contributed by atoms with van der Waals surface area (Å²) in [6.45, 7) is 6.78. The van der Waals surface area contributed by atoms with Gasteiger partial charge in [-0.05, 0) is 26.1 Å². The second-order valence-electron chi connectivity index (χ2n) is 3.44. The highest BCUT2D eigenvalue weighted by atomic mass is 32.1. The minimum Gasteiger partial charge on any atom is -0.346 e. The molecule has 0 radical (unpaired) electrons. The van der Waals surface area contributed by atoms with E-state index in [-0.39, 0.29) is 11.8 Å². The van der Waals surface area contributed by atoms with Crippen LogP contribution in [0.4, 0.5) is 0 Å². The highest BCUT2D eigenvalue weighted by Gasteiger charge is 2.27. The number of nitrogens with one attached hydrogen (secondary N) is 1. The van der Waals surface area contributed by atoms with E-state index in [4.69, 9.17) is 12.2 Å². The number of hydrogen-bond acceptors (Lipinski definition) is 2. The SMILES string of the molecule is CC(C)N1C[C@@H](C)C(=O)NC1=S. The van der Waals surface area contributed by atoms with Gasteiger partial charge in [-0.3, -0.25) is 4.79 Å². The molecular weight excluding hydrogens is 172 g/mol. The summed E-state index contributed by atoms with van der Waals surface area (Å²) in [5, 5.41) is 3.24. The van der Waals surface area contributed by atoms with Crippen molar-refractivity contribution in [2.24, 2.45) is 5.92 Å². The van der Waals surface area contributed by atoms with Gasteiger partial charge in [0.15, 0.2) is 5.11 Å². The zero-order chi connectivity index (χ0) is 9.30. The normalized spacial score (nSPS) is 24.7. The van der Waals surface area contributed by atoms with Gasteiger partial charge in [0.25, 0.3) is 0 Å². The van der Waals surface area contributed by atoms with Crippen LogP contribution < -0.4 is 5.32 Å². The van der Waals surface area contributed by atoms with Crippen LogP contribution in [0.25, 0.3) is 0 Å². The number of rotatable bonds is 1. The second kappa shape index (κ2) is 3.39. The quantitative estimate of drug-likeness (QED) is 0.613. The third-order valence-corrected chi connectivity index (χ3v) is 2.37. The van der Waals surface area contributed by atoms with Gasteiger partial charge in [0.2, 0.25) is 5.91 Å². The van der Waals surface area contributed by atoms with Gasteiger partial charge in [0.1, 0.15) is 0 Å². The Balaban J connectivity index is 2.68. The summed E-state index contributed by atoms with van der Waals surface area (Å²) in [4.78, 5) is 13.2. The fraction of sp³-hybridized carbons (Fsp3) is 0.750. The molecular formula is C8H14N2OS. The number of amides is 1. The standard InChI is InChI=1S/C8H14N2OS/c1-5(2)10-4-6(3)7(11)9-8(10)12/h5-6H,4H2,1-3H3,(H,9,11,12)/t6-/m1/s1. The first-order valence-electron chi connectivity index (χ1n) is 4.14. The lowest BCUT2D eigenvalue weighted by atomic mass is 10.1. The molecule has 1 heterocycles. The molecule has 68 valence electrons. The third kappa shape index (κ3) is 1.75. The minimum atomic E-state index is 0.0388. The molecule has 3 nitrogen and oxygen atoms in total. The molecule has 1 atom stereocenters. The first-order valence-corrected chi connectivity index (χ1v) is 4.54. The number of nitrogens with zero attached hydrogens (tertiary/aromatic N) is 1. The Hall–Kier alpha value is -0.640. The lowest BCUT2D eigenvalue weighted by Crippen LogP contribution is -2.55. The number of thiocarbonyl (C=S) groups is 1. The summed E-state index contributed by atoms with van der Waals surface area (Å²) < 4.78 is 0. The molecule has 0 aliphatic carbocycles. The molecule has 0 bridgehead atoms. The van der Waals surface area contributed by atoms with Gasteiger partial charge in [0, 0.05) is 12.6 Å². The average molecular weight is 186 g/mol. The van der Waals surface area contributed by atoms with Crippen LogP contribution in [-0.4, -0.2) is 28.5 Å². The number of hydrogen-bond donors (Lipinski definition) is 1. The smallest absolute Gasteiger partial charge is 0.230 e. The van der Waals surface area contributed by atoms with Crippen LogP contribution in [0.3, 0.4) is 0 Å². The molecule has 1 aliphatic rings. The van der Waals surface area contributed by atoms with Gasteiger partial charge < -0.3 is 10.2 Å². The molecule has 0 spiro atoms. The van der Waals surface area contributed by atoms with Crippen LogP contribution >= 0.6 is 12.2 Å². The Kier molecular flexibility index (Phi) is 2.67. The Labute approximate surface area is 78.1 Å². The maximum absolute atomic E-state index is 11.1. The van der Waals surface area contributed by atoms with Crippen LogP contribution in [0.15, 0.2) is 0 Å². The van der Waals surface area contributed by atoms with Crippen LogP contribution in [0.1, 0.15) is 20.8 Å². The lowest BCUT2D eigenvalue weighted by Gasteiger charge is -2.35. The molecule has 1 amide bonds. The molecule has 0 aromatic rings. The summed E-state index contributed by atoms with van der Waals surface area (Å²) in [6.07, 6.45) is 0. The molecule has 0 saturated carbocycles. The molecule has 4 heteroatoms. The largest absolute Gasteiger partial charge is 0.346 e. The highest BCUT2D eigenvalue weighted by molar-refractivity contribution is 7.80. The van der Waals surface area contributed by atoms with E-state index in [2.05, 4.69) is 19.2 Å². The van der Waals surface area contributed by atoms with Gasteiger partial charge in [-0.15, -0.1) is 0 Å². The first-order chi connectivity index (χ1) is 5.52. The summed E-state index contributed by atoms with van der Waals surface area (Å²) in [5.74, 6) is 0.0796. The van der Waals surface area contributed by atoms with Crippen molar-refractivity contribution in [3.05, 3.63) is 0 Å². The fourth-order valence-electron chi connectivity index (χ4n) is 1.21. The fourth-order valence-corrected chi connectivity index (χ4v) is 1.59. The van der Waals surface area contributed by atoms with Crippen LogP contribution in [0.2, 0.25) is 0 Å². The van der Waals surface area contributed by atoms with E-state index >= 15 is 0 Å². The van der Waals surface area contributed by atoms with Gasteiger partial charge >= 0.3 is 0 Å². The molecule has 0 aromatic heterocycles. The Morgan fingerprint density at radius 3 is 2.75 bits per heavy atom. The van der Waals surface area contributed by atoms with E-state index < -0.39 is 0 Å². The monoisotopic (exact) mass is 186 g/mol. The third-order valence-electron chi connectivity index (χ3n) is 2.03. The number of carbonyl (C=O) groups excluding carboxylic acids is 1. The van der Waals surface area contributed by atoms with Gasteiger partial charge in [-0.1, -0.05) is 6.92 Å². The minimum absolute atomic E-state index is 0.0388. The van der Waals surface area contributed by atoms with Crippen molar-refractivity contribution in [2.75, 3.05) is 6.54 Å². The van der Waals surface area contributed by atoms with Crippen molar-refractivity contribution in [1.29, 1.82) is 0 Å². The summed E-state index contributed by atoms with van der Waals surface area (Å²) in [7, 11) is 0. The predicted octanol–water partition coefficient (Wildman–Crippen LogP) is 0.748. The Morgan fingerprint density at radius 1 is 1.67 bits per heavy atom. The molecule has 1 N–H and O–H groups in total. The zero-order valence-electron chi connectivity index (χ0n) is 7.63. The van der Waals surface area contributed by atoms with E-state index in [0.717, 1.165) is 6.54 Å². The van der Waals surface area contributed by atoms with Crippen molar-refractivity contribution in [3.8, 4) is 0 Å². The molecule has 1 fully saturated rings. The molecule has 1 rings (SSSR count). The second-order valence-corrected chi connectivity index (χ2v) is 3.83. The summed E-state index contributed by atoms with van der Waals surface area (Å²) in [6, 6.07) is 0.362. The van der Waals surface area contributed by atoms with Crippen molar-refractivity contribution >= 4 is 23.2 Å². The Bertz CT molecular complexity index is 215. The first kappa shape index (κ1) is 9.45.